The molecule has 10 heteroatoms. The number of hydrogen-bond donors (Lipinski definition) is 3. The first-order valence-corrected chi connectivity index (χ1v) is 11.0. The van der Waals surface area contributed by atoms with Crippen LogP contribution in [0.5, 0.6) is 0 Å². The number of carboxylic acid groups (broad SMARTS) is 1. The summed E-state index contributed by atoms with van der Waals surface area (Å²) < 4.78 is 10.1. The average molecular weight is 462 g/mol. The molecule has 0 spiro atoms. The predicted octanol–water partition coefficient (Wildman–Crippen LogP) is 3.41. The van der Waals surface area contributed by atoms with Crippen LogP contribution in [-0.2, 0) is 9.53 Å². The lowest BCUT2D eigenvalue weighted by Gasteiger charge is -2.34. The topological polar surface area (TPSA) is 144 Å². The molecule has 3 N–H and O–H groups in total. The molecule has 174 valence electrons. The lowest BCUT2D eigenvalue weighted by molar-refractivity contribution is -0.138. The van der Waals surface area contributed by atoms with Crippen LogP contribution in [0.15, 0.2) is 53.2 Å². The number of amides is 2. The fourth-order valence-corrected chi connectivity index (χ4v) is 4.67. The molecule has 2 aliphatic carbocycles. The molecular weight excluding hydrogens is 440 g/mol. The van der Waals surface area contributed by atoms with Crippen molar-refractivity contribution in [2.75, 3.05) is 11.9 Å². The summed E-state index contributed by atoms with van der Waals surface area (Å²) in [7, 11) is 0. The van der Waals surface area contributed by atoms with Crippen LogP contribution in [0.1, 0.15) is 46.8 Å². The van der Waals surface area contributed by atoms with E-state index in [4.69, 9.17) is 9.84 Å². The Morgan fingerprint density at radius 1 is 1.00 bits per heavy atom. The number of anilines is 1. The number of ether oxygens (including phenoxy) is 1. The van der Waals surface area contributed by atoms with Crippen molar-refractivity contribution in [1.29, 1.82) is 0 Å². The minimum absolute atomic E-state index is 0.0386. The fraction of sp³-hybridized carbons (Fsp3) is 0.292. The van der Waals surface area contributed by atoms with Crippen LogP contribution in [0.3, 0.4) is 0 Å². The van der Waals surface area contributed by atoms with Crippen molar-refractivity contribution in [1.82, 2.24) is 15.6 Å². The summed E-state index contributed by atoms with van der Waals surface area (Å²) >= 11 is 0. The quantitative estimate of drug-likeness (QED) is 0.485. The molecule has 2 aromatic carbocycles. The number of rotatable bonds is 7. The molecule has 0 bridgehead atoms. The van der Waals surface area contributed by atoms with Crippen molar-refractivity contribution in [3.05, 3.63) is 65.4 Å². The Kier molecular flexibility index (Phi) is 5.70. The van der Waals surface area contributed by atoms with E-state index in [1.54, 1.807) is 0 Å². The molecular formula is C24H22N4O6. The average Bonchev–Trinajstić information content (AvgIpc) is 3.38. The van der Waals surface area contributed by atoms with E-state index in [2.05, 4.69) is 25.6 Å². The van der Waals surface area contributed by atoms with Gasteiger partial charge in [0.15, 0.2) is 0 Å². The number of benzene rings is 2. The normalized spacial score (nSPS) is 18.4. The molecule has 1 fully saturated rings. The van der Waals surface area contributed by atoms with Gasteiger partial charge >= 0.3 is 12.1 Å². The number of fused-ring (bicyclic) bond motifs is 3. The highest BCUT2D eigenvalue weighted by molar-refractivity contribution is 5.99. The van der Waals surface area contributed by atoms with E-state index >= 15 is 0 Å². The highest BCUT2D eigenvalue weighted by Crippen LogP contribution is 2.44. The largest absolute Gasteiger partial charge is 0.481 e. The van der Waals surface area contributed by atoms with Gasteiger partial charge in [0.25, 0.3) is 5.91 Å². The van der Waals surface area contributed by atoms with Gasteiger partial charge in [0.1, 0.15) is 6.61 Å². The Labute approximate surface area is 194 Å². The van der Waals surface area contributed by atoms with E-state index in [1.165, 1.54) is 0 Å². The molecule has 3 aromatic rings. The second-order valence-electron chi connectivity index (χ2n) is 8.52. The highest BCUT2D eigenvalue weighted by Gasteiger charge is 2.34. The van der Waals surface area contributed by atoms with Gasteiger partial charge in [-0.15, -0.1) is 0 Å². The third kappa shape index (κ3) is 4.21. The molecule has 2 aliphatic rings. The Balaban J connectivity index is 1.18. The van der Waals surface area contributed by atoms with Crippen LogP contribution in [0.25, 0.3) is 11.1 Å². The first kappa shape index (κ1) is 21.6. The van der Waals surface area contributed by atoms with Crippen molar-refractivity contribution in [2.45, 2.75) is 31.2 Å². The maximum absolute atomic E-state index is 12.5. The predicted molar refractivity (Wildman–Crippen MR) is 119 cm³/mol. The molecule has 10 nitrogen and oxygen atoms in total. The van der Waals surface area contributed by atoms with Gasteiger partial charge in [0.2, 0.25) is 11.5 Å². The first-order valence-electron chi connectivity index (χ1n) is 11.0. The van der Waals surface area contributed by atoms with Crippen LogP contribution in [0.4, 0.5) is 10.6 Å². The second kappa shape index (κ2) is 8.97. The molecule has 1 aromatic heterocycles. The number of aliphatic carboxylic acids is 1. The van der Waals surface area contributed by atoms with Crippen LogP contribution >= 0.6 is 0 Å². The summed E-state index contributed by atoms with van der Waals surface area (Å²) in [4.78, 5) is 35.7. The number of carbonyl (C=O) groups excluding carboxylic acids is 2. The smallest absolute Gasteiger partial charge is 0.412 e. The zero-order valence-corrected chi connectivity index (χ0v) is 18.1. The second-order valence-corrected chi connectivity index (χ2v) is 8.52. The Morgan fingerprint density at radius 2 is 1.65 bits per heavy atom. The zero-order valence-electron chi connectivity index (χ0n) is 18.1. The molecule has 0 radical (unpaired) electrons. The Hall–Kier alpha value is -4.21. The van der Waals surface area contributed by atoms with Crippen molar-refractivity contribution in [3.8, 4) is 11.1 Å². The summed E-state index contributed by atoms with van der Waals surface area (Å²) in [6.45, 7) is 0.111. The van der Waals surface area contributed by atoms with Crippen molar-refractivity contribution >= 4 is 23.8 Å². The number of hydrogen-bond acceptors (Lipinski definition) is 7. The van der Waals surface area contributed by atoms with Crippen LogP contribution < -0.4 is 10.6 Å². The Bertz CT molecular complexity index is 1200. The molecule has 1 heterocycles. The minimum Gasteiger partial charge on any atom is -0.481 e. The van der Waals surface area contributed by atoms with Gasteiger partial charge < -0.3 is 15.2 Å². The molecule has 0 atom stereocenters. The molecule has 1 saturated carbocycles. The number of nitrogens with zero attached hydrogens (tertiary/aromatic N) is 2. The maximum atomic E-state index is 12.5. The third-order valence-electron chi connectivity index (χ3n) is 6.30. The fourth-order valence-electron chi connectivity index (χ4n) is 4.67. The van der Waals surface area contributed by atoms with Gasteiger partial charge in [0.05, 0.1) is 0 Å². The van der Waals surface area contributed by atoms with Crippen LogP contribution in [-0.4, -0.2) is 46.0 Å². The van der Waals surface area contributed by atoms with Gasteiger partial charge in [-0.1, -0.05) is 48.5 Å². The highest BCUT2D eigenvalue weighted by atomic mass is 16.6. The SMILES string of the molecule is O=C(O)CC1CC(NC(=O)c2nonc2NC(=O)OCC2c3ccccc3-c3ccccc32)C1. The van der Waals surface area contributed by atoms with Crippen LogP contribution in [0, 0.1) is 5.92 Å². The Morgan fingerprint density at radius 3 is 2.29 bits per heavy atom. The van der Waals surface area contributed by atoms with E-state index in [0.29, 0.717) is 12.8 Å². The van der Waals surface area contributed by atoms with Crippen LogP contribution in [0.2, 0.25) is 0 Å². The summed E-state index contributed by atoms with van der Waals surface area (Å²) in [5.41, 5.74) is 4.24. The minimum atomic E-state index is -0.856. The van der Waals surface area contributed by atoms with E-state index in [1.807, 2.05) is 48.5 Å². The maximum Gasteiger partial charge on any atom is 0.412 e. The van der Waals surface area contributed by atoms with Gasteiger partial charge in [-0.3, -0.25) is 14.9 Å². The van der Waals surface area contributed by atoms with Gasteiger partial charge in [-0.2, -0.15) is 0 Å². The van der Waals surface area contributed by atoms with Gasteiger partial charge in [0, 0.05) is 18.4 Å². The molecule has 0 aliphatic heterocycles. The molecule has 2 amide bonds. The standard InChI is InChI=1S/C24H22N4O6/c29-20(30)11-13-9-14(10-13)25-23(31)21-22(28-34-27-21)26-24(32)33-12-19-17-7-3-1-5-15(17)16-6-2-4-8-18(16)19/h1-8,13-14,19H,9-12H2,(H,25,31)(H,29,30)(H,26,28,32). The number of nitrogens with one attached hydrogen (secondary N) is 2. The van der Waals surface area contributed by atoms with Crippen molar-refractivity contribution in [3.63, 3.8) is 0 Å². The zero-order chi connectivity index (χ0) is 23.7. The van der Waals surface area contributed by atoms with Crippen molar-refractivity contribution in [2.24, 2.45) is 5.92 Å². The monoisotopic (exact) mass is 462 g/mol. The number of aromatic nitrogens is 2. The van der Waals surface area contributed by atoms with Gasteiger partial charge in [-0.25, -0.2) is 9.42 Å². The lowest BCUT2D eigenvalue weighted by Crippen LogP contribution is -2.45. The third-order valence-corrected chi connectivity index (χ3v) is 6.30. The molecule has 5 rings (SSSR count). The summed E-state index contributed by atoms with van der Waals surface area (Å²) in [6, 6.07) is 15.8. The summed E-state index contributed by atoms with van der Waals surface area (Å²) in [6.07, 6.45) is 0.431. The van der Waals surface area contributed by atoms with Gasteiger partial charge in [-0.05, 0) is 51.3 Å². The van der Waals surface area contributed by atoms with E-state index in [9.17, 15) is 14.4 Å². The van der Waals surface area contributed by atoms with Crippen molar-refractivity contribution < 1.29 is 28.9 Å². The van der Waals surface area contributed by atoms with E-state index in [0.717, 1.165) is 22.3 Å². The van der Waals surface area contributed by atoms with E-state index in [-0.39, 0.29) is 42.4 Å². The summed E-state index contributed by atoms with van der Waals surface area (Å²) in [5.74, 6) is -1.62. The lowest BCUT2D eigenvalue weighted by atomic mass is 9.78. The molecule has 0 saturated heterocycles. The first-order chi connectivity index (χ1) is 16.5. The van der Waals surface area contributed by atoms with E-state index < -0.39 is 18.0 Å². The number of carboxylic acids is 1. The summed E-state index contributed by atoms with van der Waals surface area (Å²) in [5, 5.41) is 21.2. The molecule has 34 heavy (non-hydrogen) atoms. The molecule has 0 unspecified atom stereocenters. The number of carbonyl (C=O) groups is 3.